The Bertz CT molecular complexity index is 427. The van der Waals surface area contributed by atoms with Crippen molar-refractivity contribution in [3.63, 3.8) is 0 Å². The molecule has 23 heavy (non-hydrogen) atoms. The van der Waals surface area contributed by atoms with E-state index in [1.165, 1.54) is 19.1 Å². The van der Waals surface area contributed by atoms with Gasteiger partial charge in [0.1, 0.15) is 12.1 Å². The van der Waals surface area contributed by atoms with E-state index in [1.54, 1.807) is 0 Å². The number of nitrogens with zero attached hydrogens (tertiary/aromatic N) is 2. The fraction of sp³-hybridized carbons (Fsp3) is 0.765. The van der Waals surface area contributed by atoms with Crippen molar-refractivity contribution in [3.05, 3.63) is 11.6 Å². The van der Waals surface area contributed by atoms with Crippen LogP contribution >= 0.6 is 0 Å². The fourth-order valence-corrected chi connectivity index (χ4v) is 2.28. The van der Waals surface area contributed by atoms with Crippen LogP contribution in [0.2, 0.25) is 0 Å². The molecule has 6 nitrogen and oxygen atoms in total. The summed E-state index contributed by atoms with van der Waals surface area (Å²) in [5.74, 6) is -0.302. The van der Waals surface area contributed by atoms with Crippen LogP contribution in [-0.4, -0.2) is 54.3 Å². The van der Waals surface area contributed by atoms with Crippen LogP contribution in [-0.2, 0) is 14.4 Å². The Morgan fingerprint density at radius 2 is 1.78 bits per heavy atom. The van der Waals surface area contributed by atoms with Crippen molar-refractivity contribution in [1.29, 1.82) is 0 Å². The number of hydrogen-bond donors (Lipinski definition) is 0. The van der Waals surface area contributed by atoms with Gasteiger partial charge in [0, 0.05) is 7.05 Å². The minimum atomic E-state index is -0.619. The van der Waals surface area contributed by atoms with Crippen LogP contribution in [0.4, 0.5) is 4.79 Å². The van der Waals surface area contributed by atoms with Crippen LogP contribution in [0, 0.1) is 0 Å². The number of allylic oxidation sites excluding steroid dienone is 1. The predicted octanol–water partition coefficient (Wildman–Crippen LogP) is 3.38. The summed E-state index contributed by atoms with van der Waals surface area (Å²) in [4.78, 5) is 31.2. The van der Waals surface area contributed by atoms with Crippen molar-refractivity contribution in [3.8, 4) is 0 Å². The van der Waals surface area contributed by atoms with Crippen molar-refractivity contribution in [2.24, 2.45) is 0 Å². The van der Waals surface area contributed by atoms with Gasteiger partial charge in [-0.2, -0.15) is 0 Å². The molecule has 2 amide bonds. The molecule has 0 aromatic carbocycles. The SMILES string of the molecule is CC=C(CC)[C@@H](CC)N(CC(=O)N(C)OC)C(=O)OC(C)(C)C. The Kier molecular flexibility index (Phi) is 8.90. The maximum Gasteiger partial charge on any atom is 0.411 e. The van der Waals surface area contributed by atoms with Gasteiger partial charge in [0.25, 0.3) is 5.91 Å². The standard InChI is InChI=1S/C17H32N2O4/c1-9-13(10-2)14(11-3)19(12-15(20)18(7)22-8)16(21)23-17(4,5)6/h9,14H,10-12H2,1-8H3/t14-/m1/s1. The molecule has 0 aliphatic rings. The Labute approximate surface area is 140 Å². The highest BCUT2D eigenvalue weighted by Gasteiger charge is 2.31. The van der Waals surface area contributed by atoms with E-state index in [9.17, 15) is 9.59 Å². The van der Waals surface area contributed by atoms with Crippen molar-refractivity contribution in [2.45, 2.75) is 66.0 Å². The van der Waals surface area contributed by atoms with E-state index in [4.69, 9.17) is 9.57 Å². The van der Waals surface area contributed by atoms with E-state index in [0.29, 0.717) is 6.42 Å². The molecule has 0 bridgehead atoms. The first-order valence-electron chi connectivity index (χ1n) is 8.06. The first-order valence-corrected chi connectivity index (χ1v) is 8.06. The summed E-state index contributed by atoms with van der Waals surface area (Å²) >= 11 is 0. The van der Waals surface area contributed by atoms with E-state index >= 15 is 0 Å². The highest BCUT2D eigenvalue weighted by molar-refractivity contribution is 5.82. The van der Waals surface area contributed by atoms with Crippen molar-refractivity contribution in [2.75, 3.05) is 20.7 Å². The van der Waals surface area contributed by atoms with Gasteiger partial charge in [-0.15, -0.1) is 0 Å². The van der Waals surface area contributed by atoms with Crippen LogP contribution in [0.1, 0.15) is 54.4 Å². The number of amides is 2. The number of rotatable bonds is 7. The average molecular weight is 328 g/mol. The second-order valence-corrected chi connectivity index (χ2v) is 6.32. The first-order chi connectivity index (χ1) is 10.6. The number of ether oxygens (including phenoxy) is 1. The van der Waals surface area contributed by atoms with Crippen LogP contribution in [0.3, 0.4) is 0 Å². The predicted molar refractivity (Wildman–Crippen MR) is 90.8 cm³/mol. The summed E-state index contributed by atoms with van der Waals surface area (Å²) in [6.07, 6.45) is 3.02. The molecular formula is C17H32N2O4. The summed E-state index contributed by atoms with van der Waals surface area (Å²) < 4.78 is 5.48. The third-order valence-corrected chi connectivity index (χ3v) is 3.53. The zero-order chi connectivity index (χ0) is 18.2. The summed E-state index contributed by atoms with van der Waals surface area (Å²) in [6, 6.07) is -0.172. The second kappa shape index (κ2) is 9.55. The lowest BCUT2D eigenvalue weighted by atomic mass is 10.0. The normalized spacial score (nSPS) is 13.5. The third kappa shape index (κ3) is 7.03. The zero-order valence-corrected chi connectivity index (χ0v) is 15.8. The number of carbonyl (C=O) groups excluding carboxylic acids is 2. The lowest BCUT2D eigenvalue weighted by molar-refractivity contribution is -0.170. The van der Waals surface area contributed by atoms with Crippen molar-refractivity contribution >= 4 is 12.0 Å². The molecular weight excluding hydrogens is 296 g/mol. The van der Waals surface area contributed by atoms with Gasteiger partial charge in [-0.3, -0.25) is 14.5 Å². The van der Waals surface area contributed by atoms with Gasteiger partial charge >= 0.3 is 6.09 Å². The molecule has 0 heterocycles. The topological polar surface area (TPSA) is 59.1 Å². The molecule has 0 unspecified atom stereocenters. The molecule has 6 heteroatoms. The minimum Gasteiger partial charge on any atom is -0.444 e. The third-order valence-electron chi connectivity index (χ3n) is 3.53. The molecule has 0 spiro atoms. The van der Waals surface area contributed by atoms with Gasteiger partial charge in [-0.1, -0.05) is 25.5 Å². The molecule has 134 valence electrons. The molecule has 0 aromatic rings. The van der Waals surface area contributed by atoms with Gasteiger partial charge in [0.2, 0.25) is 0 Å². The van der Waals surface area contributed by atoms with E-state index in [0.717, 1.165) is 17.1 Å². The van der Waals surface area contributed by atoms with Gasteiger partial charge in [-0.25, -0.2) is 9.86 Å². The van der Waals surface area contributed by atoms with Crippen molar-refractivity contribution in [1.82, 2.24) is 9.96 Å². The second-order valence-electron chi connectivity index (χ2n) is 6.32. The lowest BCUT2D eigenvalue weighted by Crippen LogP contribution is -2.49. The Hall–Kier alpha value is -1.56. The lowest BCUT2D eigenvalue weighted by Gasteiger charge is -2.34. The van der Waals surface area contributed by atoms with Gasteiger partial charge in [-0.05, 0) is 40.5 Å². The Balaban J connectivity index is 5.51. The maximum absolute atomic E-state index is 12.6. The Morgan fingerprint density at radius 1 is 1.22 bits per heavy atom. The van der Waals surface area contributed by atoms with E-state index in [1.807, 2.05) is 47.6 Å². The first kappa shape index (κ1) is 21.4. The van der Waals surface area contributed by atoms with Crippen molar-refractivity contribution < 1.29 is 19.2 Å². The quantitative estimate of drug-likeness (QED) is 0.531. The Morgan fingerprint density at radius 3 is 2.13 bits per heavy atom. The molecule has 0 saturated carbocycles. The van der Waals surface area contributed by atoms with Crippen LogP contribution in [0.5, 0.6) is 0 Å². The van der Waals surface area contributed by atoms with Gasteiger partial charge < -0.3 is 4.74 Å². The summed E-state index contributed by atoms with van der Waals surface area (Å²) in [6.45, 7) is 11.3. The largest absolute Gasteiger partial charge is 0.444 e. The van der Waals surface area contributed by atoms with E-state index in [-0.39, 0.29) is 18.5 Å². The highest BCUT2D eigenvalue weighted by atomic mass is 16.7. The van der Waals surface area contributed by atoms with Gasteiger partial charge in [0.05, 0.1) is 13.2 Å². The van der Waals surface area contributed by atoms with Crippen LogP contribution in [0.25, 0.3) is 0 Å². The zero-order valence-electron chi connectivity index (χ0n) is 15.8. The average Bonchev–Trinajstić information content (AvgIpc) is 2.47. The van der Waals surface area contributed by atoms with E-state index < -0.39 is 11.7 Å². The summed E-state index contributed by atoms with van der Waals surface area (Å²) in [5, 5.41) is 1.12. The summed E-state index contributed by atoms with van der Waals surface area (Å²) in [7, 11) is 2.93. The monoisotopic (exact) mass is 328 g/mol. The van der Waals surface area contributed by atoms with E-state index in [2.05, 4.69) is 0 Å². The molecule has 1 atom stereocenters. The fourth-order valence-electron chi connectivity index (χ4n) is 2.28. The molecule has 0 radical (unpaired) electrons. The molecule has 0 saturated heterocycles. The molecule has 0 N–H and O–H groups in total. The highest BCUT2D eigenvalue weighted by Crippen LogP contribution is 2.21. The number of carbonyl (C=O) groups is 2. The molecule has 0 rings (SSSR count). The number of hydroxylamine groups is 2. The number of likely N-dealkylation sites (N-methyl/N-ethyl adjacent to an activating group) is 1. The van der Waals surface area contributed by atoms with Gasteiger partial charge in [0.15, 0.2) is 0 Å². The number of hydrogen-bond acceptors (Lipinski definition) is 4. The molecule has 0 aliphatic carbocycles. The molecule has 0 aromatic heterocycles. The minimum absolute atomic E-state index is 0.0882. The smallest absolute Gasteiger partial charge is 0.411 e. The summed E-state index contributed by atoms with van der Waals surface area (Å²) in [5.41, 5.74) is 0.484. The van der Waals surface area contributed by atoms with Crippen LogP contribution < -0.4 is 0 Å². The molecule has 0 fully saturated rings. The molecule has 0 aliphatic heterocycles. The van der Waals surface area contributed by atoms with Crippen LogP contribution in [0.15, 0.2) is 11.6 Å². The maximum atomic E-state index is 12.6.